The van der Waals surface area contributed by atoms with E-state index in [1.54, 1.807) is 0 Å². The number of nitrogens with two attached hydrogens (primary N) is 4. The SMILES string of the molecule is NCCC(O)CN[C@@H]1C[C@H](O)[C@@H](CN)O[C@@H]1OC1[C@@H](N)C[C@@H](NC(CO)CO)[C@H](O[C@H]2O[C@H](CO)[C@@H](O)[C@H](N)[C@H]2O)[C@H]1O. The largest absolute Gasteiger partial charge is 0.395 e. The highest BCUT2D eigenvalue weighted by Crippen LogP contribution is 2.32. The van der Waals surface area contributed by atoms with Crippen LogP contribution in [-0.2, 0) is 18.9 Å². The summed E-state index contributed by atoms with van der Waals surface area (Å²) in [5.74, 6) is 0. The highest BCUT2D eigenvalue weighted by atomic mass is 16.7. The molecule has 0 aromatic heterocycles. The highest BCUT2D eigenvalue weighted by Gasteiger charge is 2.51. The molecule has 18 nitrogen and oxygen atoms in total. The summed E-state index contributed by atoms with van der Waals surface area (Å²) in [6.45, 7) is -1.12. The summed E-state index contributed by atoms with van der Waals surface area (Å²) >= 11 is 0. The average Bonchev–Trinajstić information content (AvgIpc) is 2.99. The fraction of sp³-hybridized carbons (Fsp3) is 1.00. The summed E-state index contributed by atoms with van der Waals surface area (Å²) in [5, 5.41) is 88.3. The standard InChI is InChI=1S/C25H52N6O12/c26-2-1-11(35)6-30-14-4-15(36)16(5-27)40-24(14)42-22-12(28)3-13(31-10(7-32)8-33)23(21(22)39)43-25-20(38)18(29)19(37)17(9-34)41-25/h10-25,30-39H,1-9,26-29H2/t11?,12-,13+,14+,15-,16+,17+,18-,19+,20+,21-,22?,23-,24+,25+/m0/s1. The number of hydrogen-bond donors (Lipinski definition) is 14. The smallest absolute Gasteiger partial charge is 0.186 e. The van der Waals surface area contributed by atoms with Gasteiger partial charge in [-0.3, -0.25) is 0 Å². The van der Waals surface area contributed by atoms with Crippen molar-refractivity contribution in [3.63, 3.8) is 0 Å². The van der Waals surface area contributed by atoms with Gasteiger partial charge in [-0.25, -0.2) is 0 Å². The molecule has 0 spiro atoms. The molecule has 0 aromatic rings. The fourth-order valence-electron chi connectivity index (χ4n) is 5.74. The van der Waals surface area contributed by atoms with Crippen LogP contribution in [0.3, 0.4) is 0 Å². The van der Waals surface area contributed by atoms with Gasteiger partial charge in [0.25, 0.3) is 0 Å². The maximum Gasteiger partial charge on any atom is 0.186 e. The molecule has 0 aromatic carbocycles. The van der Waals surface area contributed by atoms with Gasteiger partial charge in [-0.1, -0.05) is 0 Å². The van der Waals surface area contributed by atoms with E-state index in [9.17, 15) is 40.9 Å². The Morgan fingerprint density at radius 3 is 2.07 bits per heavy atom. The molecule has 3 rings (SSSR count). The van der Waals surface area contributed by atoms with Crippen LogP contribution in [-0.4, -0.2) is 178 Å². The van der Waals surface area contributed by atoms with Crippen LogP contribution in [0.1, 0.15) is 19.3 Å². The molecular formula is C25H52N6O12. The van der Waals surface area contributed by atoms with Crippen LogP contribution >= 0.6 is 0 Å². The van der Waals surface area contributed by atoms with Crippen molar-refractivity contribution in [1.29, 1.82) is 0 Å². The molecule has 18 N–H and O–H groups in total. The predicted octanol–water partition coefficient (Wildman–Crippen LogP) is -7.97. The lowest BCUT2D eigenvalue weighted by Gasteiger charge is -2.49. The van der Waals surface area contributed by atoms with Crippen molar-refractivity contribution in [2.24, 2.45) is 22.9 Å². The summed E-state index contributed by atoms with van der Waals surface area (Å²) in [7, 11) is 0. The van der Waals surface area contributed by atoms with Crippen molar-refractivity contribution in [3.05, 3.63) is 0 Å². The fourth-order valence-corrected chi connectivity index (χ4v) is 5.74. The molecule has 43 heavy (non-hydrogen) atoms. The van der Waals surface area contributed by atoms with Gasteiger partial charge >= 0.3 is 0 Å². The Hall–Kier alpha value is -0.720. The quantitative estimate of drug-likeness (QED) is 0.0800. The predicted molar refractivity (Wildman–Crippen MR) is 149 cm³/mol. The Bertz CT molecular complexity index is 806. The van der Waals surface area contributed by atoms with Gasteiger partial charge in [0, 0.05) is 25.2 Å². The van der Waals surface area contributed by atoms with Crippen LogP contribution in [0.4, 0.5) is 0 Å². The highest BCUT2D eigenvalue weighted by molar-refractivity contribution is 5.03. The van der Waals surface area contributed by atoms with E-state index in [1.807, 2.05) is 0 Å². The maximum absolute atomic E-state index is 11.6. The first-order chi connectivity index (χ1) is 20.5. The zero-order chi connectivity index (χ0) is 31.8. The molecule has 18 heteroatoms. The Morgan fingerprint density at radius 2 is 1.47 bits per heavy atom. The summed E-state index contributed by atoms with van der Waals surface area (Å²) in [6, 6.07) is -4.32. The average molecular weight is 629 g/mol. The number of hydrogen-bond acceptors (Lipinski definition) is 18. The third kappa shape index (κ3) is 9.18. The van der Waals surface area contributed by atoms with Crippen LogP contribution in [0.25, 0.3) is 0 Å². The number of ether oxygens (including phenoxy) is 4. The zero-order valence-electron chi connectivity index (χ0n) is 24.1. The van der Waals surface area contributed by atoms with Gasteiger partial charge in [0.2, 0.25) is 0 Å². The van der Waals surface area contributed by atoms with Gasteiger partial charge in [0.1, 0.15) is 36.6 Å². The lowest BCUT2D eigenvalue weighted by Crippen LogP contribution is -2.69. The molecule has 254 valence electrons. The van der Waals surface area contributed by atoms with Crippen LogP contribution < -0.4 is 33.6 Å². The Morgan fingerprint density at radius 1 is 0.814 bits per heavy atom. The van der Waals surface area contributed by atoms with E-state index in [-0.39, 0.29) is 32.5 Å². The lowest BCUT2D eigenvalue weighted by molar-refractivity contribution is -0.317. The molecule has 0 radical (unpaired) electrons. The number of rotatable bonds is 15. The van der Waals surface area contributed by atoms with Crippen molar-refractivity contribution in [2.75, 3.05) is 39.5 Å². The molecule has 2 heterocycles. The Kier molecular flexibility index (Phi) is 14.8. The second kappa shape index (κ2) is 17.3. The number of aliphatic hydroxyl groups excluding tert-OH is 8. The van der Waals surface area contributed by atoms with E-state index in [0.717, 1.165) is 0 Å². The van der Waals surface area contributed by atoms with Gasteiger partial charge in [-0.05, 0) is 25.8 Å². The molecule has 15 atom stereocenters. The molecule has 1 aliphatic carbocycles. The van der Waals surface area contributed by atoms with Crippen molar-refractivity contribution in [1.82, 2.24) is 10.6 Å². The zero-order valence-corrected chi connectivity index (χ0v) is 24.1. The molecule has 2 unspecified atom stereocenters. The first-order valence-corrected chi connectivity index (χ1v) is 14.7. The molecule has 1 saturated carbocycles. The summed E-state index contributed by atoms with van der Waals surface area (Å²) in [4.78, 5) is 0. The van der Waals surface area contributed by atoms with Gasteiger partial charge < -0.3 is 93.4 Å². The van der Waals surface area contributed by atoms with Crippen LogP contribution in [0, 0.1) is 0 Å². The monoisotopic (exact) mass is 628 g/mol. The minimum Gasteiger partial charge on any atom is -0.395 e. The van der Waals surface area contributed by atoms with Gasteiger partial charge in [0.15, 0.2) is 12.6 Å². The molecule has 2 saturated heterocycles. The van der Waals surface area contributed by atoms with E-state index in [0.29, 0.717) is 6.42 Å². The van der Waals surface area contributed by atoms with Crippen LogP contribution in [0.2, 0.25) is 0 Å². The number of aliphatic hydroxyl groups is 8. The first kappa shape index (κ1) is 36.7. The van der Waals surface area contributed by atoms with Crippen molar-refractivity contribution in [2.45, 2.75) is 117 Å². The van der Waals surface area contributed by atoms with Crippen molar-refractivity contribution in [3.8, 4) is 0 Å². The van der Waals surface area contributed by atoms with Gasteiger partial charge in [-0.2, -0.15) is 0 Å². The second-order valence-corrected chi connectivity index (χ2v) is 11.5. The maximum atomic E-state index is 11.6. The topological polar surface area (TPSA) is 327 Å². The lowest BCUT2D eigenvalue weighted by atomic mass is 9.83. The van der Waals surface area contributed by atoms with Crippen molar-refractivity contribution >= 4 is 0 Å². The van der Waals surface area contributed by atoms with E-state index >= 15 is 0 Å². The third-order valence-electron chi connectivity index (χ3n) is 8.34. The second-order valence-electron chi connectivity index (χ2n) is 11.5. The first-order valence-electron chi connectivity index (χ1n) is 14.7. The van der Waals surface area contributed by atoms with E-state index in [1.165, 1.54) is 0 Å². The summed E-state index contributed by atoms with van der Waals surface area (Å²) in [5.41, 5.74) is 23.7. The Labute approximate surface area is 250 Å². The van der Waals surface area contributed by atoms with Crippen LogP contribution in [0.15, 0.2) is 0 Å². The molecule has 3 aliphatic rings. The minimum atomic E-state index is -1.55. The number of nitrogens with one attached hydrogen (secondary N) is 2. The van der Waals surface area contributed by atoms with Crippen LogP contribution in [0.5, 0.6) is 0 Å². The molecular weight excluding hydrogens is 576 g/mol. The Balaban J connectivity index is 1.84. The third-order valence-corrected chi connectivity index (χ3v) is 8.34. The minimum absolute atomic E-state index is 0.0146. The van der Waals surface area contributed by atoms with E-state index < -0.39 is 118 Å². The van der Waals surface area contributed by atoms with Crippen molar-refractivity contribution < 1.29 is 59.8 Å². The molecule has 3 fully saturated rings. The van der Waals surface area contributed by atoms with Gasteiger partial charge in [0.05, 0.1) is 56.3 Å². The summed E-state index contributed by atoms with van der Waals surface area (Å²) in [6.07, 6.45) is -12.4. The normalized spacial score (nSPS) is 43.2. The molecule has 0 bridgehead atoms. The van der Waals surface area contributed by atoms with Gasteiger partial charge in [-0.15, -0.1) is 0 Å². The molecule has 0 amide bonds. The molecule has 2 aliphatic heterocycles. The summed E-state index contributed by atoms with van der Waals surface area (Å²) < 4.78 is 23.8. The van der Waals surface area contributed by atoms with E-state index in [4.69, 9.17) is 41.9 Å². The van der Waals surface area contributed by atoms with E-state index in [2.05, 4.69) is 10.6 Å².